The molecule has 1 unspecified atom stereocenters. The van der Waals surface area contributed by atoms with Crippen molar-refractivity contribution in [1.82, 2.24) is 14.5 Å². The summed E-state index contributed by atoms with van der Waals surface area (Å²) in [6, 6.07) is 5.30. The topological polar surface area (TPSA) is 80.1 Å². The fourth-order valence-electron chi connectivity index (χ4n) is 3.47. The van der Waals surface area contributed by atoms with Crippen molar-refractivity contribution < 1.29 is 4.79 Å². The number of anilines is 2. The van der Waals surface area contributed by atoms with Crippen LogP contribution >= 0.6 is 22.9 Å². The normalized spacial score (nSPS) is 16.9. The Kier molecular flexibility index (Phi) is 5.56. The zero-order valence-corrected chi connectivity index (χ0v) is 17.9. The van der Waals surface area contributed by atoms with Gasteiger partial charge in [0, 0.05) is 23.8 Å². The van der Waals surface area contributed by atoms with Gasteiger partial charge in [0.2, 0.25) is 5.91 Å². The van der Waals surface area contributed by atoms with E-state index in [-0.39, 0.29) is 18.0 Å². The van der Waals surface area contributed by atoms with Crippen LogP contribution in [-0.2, 0) is 11.3 Å². The maximum absolute atomic E-state index is 12.8. The Morgan fingerprint density at radius 1 is 1.41 bits per heavy atom. The number of benzene rings is 1. The van der Waals surface area contributed by atoms with Crippen LogP contribution in [0.15, 0.2) is 29.3 Å². The van der Waals surface area contributed by atoms with Gasteiger partial charge in [0.1, 0.15) is 17.6 Å². The summed E-state index contributed by atoms with van der Waals surface area (Å²) in [6.45, 7) is 5.88. The van der Waals surface area contributed by atoms with Crippen molar-refractivity contribution in [2.24, 2.45) is 5.92 Å². The molecule has 1 amide bonds. The Labute approximate surface area is 177 Å². The van der Waals surface area contributed by atoms with E-state index in [1.54, 1.807) is 12.1 Å². The third-order valence-corrected chi connectivity index (χ3v) is 6.57. The molecule has 1 aliphatic heterocycles. The number of aromatic nitrogens is 3. The van der Waals surface area contributed by atoms with Crippen molar-refractivity contribution in [3.05, 3.63) is 45.5 Å². The lowest BCUT2D eigenvalue weighted by molar-refractivity contribution is -0.116. The molecule has 9 heteroatoms. The largest absolute Gasteiger partial charge is 0.348 e. The molecule has 3 heterocycles. The zero-order valence-electron chi connectivity index (χ0n) is 16.3. The van der Waals surface area contributed by atoms with Crippen LogP contribution < -0.4 is 15.8 Å². The molecule has 1 atom stereocenters. The first-order valence-corrected chi connectivity index (χ1v) is 10.8. The van der Waals surface area contributed by atoms with Gasteiger partial charge in [0.15, 0.2) is 10.8 Å². The van der Waals surface area contributed by atoms with Crippen molar-refractivity contribution in [1.29, 1.82) is 0 Å². The highest BCUT2D eigenvalue weighted by atomic mass is 35.5. The lowest BCUT2D eigenvalue weighted by Crippen LogP contribution is -2.34. The molecule has 0 bridgehead atoms. The second kappa shape index (κ2) is 8.12. The van der Waals surface area contributed by atoms with Gasteiger partial charge in [-0.1, -0.05) is 35.9 Å². The number of hydrogen-bond acceptors (Lipinski definition) is 6. The molecule has 29 heavy (non-hydrogen) atoms. The van der Waals surface area contributed by atoms with Gasteiger partial charge in [-0.2, -0.15) is 4.98 Å². The Morgan fingerprint density at radius 2 is 2.24 bits per heavy atom. The molecule has 1 N–H and O–H groups in total. The monoisotopic (exact) mass is 431 g/mol. The summed E-state index contributed by atoms with van der Waals surface area (Å²) in [5.41, 5.74) is 1.71. The molecular weight excluding hydrogens is 410 g/mol. The van der Waals surface area contributed by atoms with Crippen LogP contribution in [0.1, 0.15) is 25.3 Å². The molecule has 1 aromatic carbocycles. The maximum Gasteiger partial charge on any atom is 0.273 e. The van der Waals surface area contributed by atoms with Crippen LogP contribution in [0.5, 0.6) is 0 Å². The first-order chi connectivity index (χ1) is 13.9. The van der Waals surface area contributed by atoms with E-state index in [4.69, 9.17) is 11.6 Å². The predicted octanol–water partition coefficient (Wildman–Crippen LogP) is 3.69. The second-order valence-electron chi connectivity index (χ2n) is 7.53. The molecule has 7 nitrogen and oxygen atoms in total. The number of hydrogen-bond donors (Lipinski definition) is 1. The second-order valence-corrected chi connectivity index (χ2v) is 8.92. The number of amides is 1. The fourth-order valence-corrected chi connectivity index (χ4v) is 4.66. The number of thiazole rings is 1. The third-order valence-electron chi connectivity index (χ3n) is 5.07. The van der Waals surface area contributed by atoms with E-state index < -0.39 is 0 Å². The number of nitrogens with one attached hydrogen (secondary N) is 1. The summed E-state index contributed by atoms with van der Waals surface area (Å²) in [6.07, 6.45) is 3.72. The zero-order chi connectivity index (χ0) is 20.5. The van der Waals surface area contributed by atoms with E-state index in [1.165, 1.54) is 28.7 Å². The molecule has 3 aromatic rings. The minimum atomic E-state index is -0.317. The van der Waals surface area contributed by atoms with Crippen molar-refractivity contribution in [2.75, 3.05) is 23.3 Å². The number of carbonyl (C=O) groups excluding carboxylic acids is 1. The van der Waals surface area contributed by atoms with Crippen LogP contribution in [0.4, 0.5) is 10.8 Å². The molecule has 0 aliphatic carbocycles. The summed E-state index contributed by atoms with van der Waals surface area (Å²) in [5.74, 6) is 0.294. The SMILES string of the molecule is Cc1ccc(NC(=O)Cn2cnc3nc(N4CCCC(C)C4)sc3c2=O)cc1Cl. The summed E-state index contributed by atoms with van der Waals surface area (Å²) < 4.78 is 1.79. The van der Waals surface area contributed by atoms with Crippen LogP contribution in [0.3, 0.4) is 0 Å². The van der Waals surface area contributed by atoms with E-state index >= 15 is 0 Å². The Morgan fingerprint density at radius 3 is 3.00 bits per heavy atom. The minimum absolute atomic E-state index is 0.124. The van der Waals surface area contributed by atoms with Gasteiger partial charge in [0.25, 0.3) is 5.56 Å². The molecular formula is C20H22ClN5O2S. The highest BCUT2D eigenvalue weighted by Crippen LogP contribution is 2.29. The van der Waals surface area contributed by atoms with E-state index in [1.807, 2.05) is 13.0 Å². The van der Waals surface area contributed by atoms with Crippen molar-refractivity contribution in [3.63, 3.8) is 0 Å². The summed E-state index contributed by atoms with van der Waals surface area (Å²) in [4.78, 5) is 36.3. The van der Waals surface area contributed by atoms with Crippen LogP contribution in [0.25, 0.3) is 10.3 Å². The number of carbonyl (C=O) groups is 1. The van der Waals surface area contributed by atoms with Gasteiger partial charge in [-0.15, -0.1) is 0 Å². The van der Waals surface area contributed by atoms with Gasteiger partial charge >= 0.3 is 0 Å². The Balaban J connectivity index is 1.53. The number of aryl methyl sites for hydroxylation is 1. The average molecular weight is 432 g/mol. The number of halogens is 1. The molecule has 152 valence electrons. The first kappa shape index (κ1) is 19.8. The van der Waals surface area contributed by atoms with Gasteiger partial charge in [-0.3, -0.25) is 14.2 Å². The predicted molar refractivity (Wildman–Crippen MR) is 117 cm³/mol. The van der Waals surface area contributed by atoms with Gasteiger partial charge in [-0.25, -0.2) is 4.98 Å². The van der Waals surface area contributed by atoms with Crippen molar-refractivity contribution in [2.45, 2.75) is 33.2 Å². The minimum Gasteiger partial charge on any atom is -0.348 e. The quantitative estimate of drug-likeness (QED) is 0.681. The van der Waals surface area contributed by atoms with Crippen LogP contribution in [-0.4, -0.2) is 33.5 Å². The molecule has 1 saturated heterocycles. The molecule has 4 rings (SSSR count). The van der Waals surface area contributed by atoms with E-state index in [0.717, 1.165) is 30.2 Å². The van der Waals surface area contributed by atoms with E-state index in [2.05, 4.69) is 27.1 Å². The first-order valence-electron chi connectivity index (χ1n) is 9.57. The van der Waals surface area contributed by atoms with E-state index in [9.17, 15) is 9.59 Å². The summed E-state index contributed by atoms with van der Waals surface area (Å²) in [5, 5.41) is 4.17. The van der Waals surface area contributed by atoms with Crippen molar-refractivity contribution in [3.8, 4) is 0 Å². The smallest absolute Gasteiger partial charge is 0.273 e. The number of piperidine rings is 1. The third kappa shape index (κ3) is 4.28. The van der Waals surface area contributed by atoms with Crippen LogP contribution in [0, 0.1) is 12.8 Å². The summed E-state index contributed by atoms with van der Waals surface area (Å²) in [7, 11) is 0. The number of rotatable bonds is 4. The molecule has 1 aliphatic rings. The number of fused-ring (bicyclic) bond motifs is 1. The van der Waals surface area contributed by atoms with Gasteiger partial charge < -0.3 is 10.2 Å². The Bertz CT molecular complexity index is 1130. The molecule has 2 aromatic heterocycles. The summed E-state index contributed by atoms with van der Waals surface area (Å²) >= 11 is 7.45. The lowest BCUT2D eigenvalue weighted by Gasteiger charge is -2.30. The molecule has 0 saturated carbocycles. The van der Waals surface area contributed by atoms with Crippen molar-refractivity contribution >= 4 is 50.0 Å². The molecule has 0 spiro atoms. The fraction of sp³-hybridized carbons (Fsp3) is 0.400. The number of nitrogens with zero attached hydrogens (tertiary/aromatic N) is 4. The molecule has 1 fully saturated rings. The maximum atomic E-state index is 12.8. The lowest BCUT2D eigenvalue weighted by atomic mass is 10.0. The molecule has 0 radical (unpaired) electrons. The van der Waals surface area contributed by atoms with Crippen LogP contribution in [0.2, 0.25) is 5.02 Å². The highest BCUT2D eigenvalue weighted by Gasteiger charge is 2.21. The Hall–Kier alpha value is -2.45. The highest BCUT2D eigenvalue weighted by molar-refractivity contribution is 7.22. The van der Waals surface area contributed by atoms with E-state index in [0.29, 0.717) is 27.0 Å². The average Bonchev–Trinajstić information content (AvgIpc) is 3.12. The van der Waals surface area contributed by atoms with Gasteiger partial charge in [-0.05, 0) is 43.4 Å². The van der Waals surface area contributed by atoms with Gasteiger partial charge in [0.05, 0.1) is 0 Å². The standard InChI is InChI=1S/C20H22ClN5O2S/c1-12-4-3-7-25(9-12)20-24-18-17(29-20)19(28)26(11-22-18)10-16(27)23-14-6-5-13(2)15(21)8-14/h5-6,8,11-12H,3-4,7,9-10H2,1-2H3,(H,23,27).